The molecule has 1 aliphatic rings. The Hall–Kier alpha value is -2.60. The summed E-state index contributed by atoms with van der Waals surface area (Å²) in [5.41, 5.74) is 4.31. The minimum absolute atomic E-state index is 0.0752. The molecule has 0 bridgehead atoms. The second-order valence-electron chi connectivity index (χ2n) is 5.82. The SMILES string of the molecule is CC1=C(NC(=O)CCc2ccc(Cl)c(F)c2)N=C1c1cnncc1C. The highest BCUT2D eigenvalue weighted by Crippen LogP contribution is 2.24. The summed E-state index contributed by atoms with van der Waals surface area (Å²) in [5.74, 6) is -0.0942. The fourth-order valence-corrected chi connectivity index (χ4v) is 2.62. The summed E-state index contributed by atoms with van der Waals surface area (Å²) < 4.78 is 13.4. The first-order valence-electron chi connectivity index (χ1n) is 7.77. The molecule has 0 saturated heterocycles. The summed E-state index contributed by atoms with van der Waals surface area (Å²) in [7, 11) is 0. The van der Waals surface area contributed by atoms with Crippen LogP contribution in [0.4, 0.5) is 4.39 Å². The number of carbonyl (C=O) groups is 1. The first kappa shape index (κ1) is 17.2. The lowest BCUT2D eigenvalue weighted by molar-refractivity contribution is -0.120. The van der Waals surface area contributed by atoms with Gasteiger partial charge in [0, 0.05) is 17.6 Å². The quantitative estimate of drug-likeness (QED) is 0.891. The lowest BCUT2D eigenvalue weighted by Gasteiger charge is -2.21. The molecule has 128 valence electrons. The zero-order valence-corrected chi connectivity index (χ0v) is 14.6. The fourth-order valence-electron chi connectivity index (χ4n) is 2.50. The second kappa shape index (κ2) is 7.11. The summed E-state index contributed by atoms with van der Waals surface area (Å²) in [6, 6.07) is 4.55. The van der Waals surface area contributed by atoms with E-state index in [0.29, 0.717) is 12.2 Å². The van der Waals surface area contributed by atoms with Crippen LogP contribution in [-0.2, 0) is 11.2 Å². The van der Waals surface area contributed by atoms with Crippen LogP contribution in [0.5, 0.6) is 0 Å². The Bertz CT molecular complexity index is 908. The van der Waals surface area contributed by atoms with Gasteiger partial charge >= 0.3 is 0 Å². The van der Waals surface area contributed by atoms with Gasteiger partial charge in [0.15, 0.2) is 0 Å². The lowest BCUT2D eigenvalue weighted by atomic mass is 9.98. The van der Waals surface area contributed by atoms with Crippen LogP contribution in [0.1, 0.15) is 30.0 Å². The third-order valence-corrected chi connectivity index (χ3v) is 4.31. The van der Waals surface area contributed by atoms with Crippen LogP contribution >= 0.6 is 11.6 Å². The highest BCUT2D eigenvalue weighted by molar-refractivity contribution is 6.30. The predicted octanol–water partition coefficient (Wildman–Crippen LogP) is 3.36. The number of rotatable bonds is 5. The van der Waals surface area contributed by atoms with Crippen molar-refractivity contribution >= 4 is 23.2 Å². The molecule has 1 amide bonds. The molecule has 0 spiro atoms. The molecule has 0 unspecified atom stereocenters. The molecule has 0 saturated carbocycles. The van der Waals surface area contributed by atoms with E-state index in [1.807, 2.05) is 13.8 Å². The minimum Gasteiger partial charge on any atom is -0.310 e. The molecule has 3 rings (SSSR count). The van der Waals surface area contributed by atoms with Gasteiger partial charge in [0.1, 0.15) is 11.6 Å². The number of hydrogen-bond donors (Lipinski definition) is 1. The number of amides is 1. The molecular weight excluding hydrogens is 343 g/mol. The van der Waals surface area contributed by atoms with Crippen LogP contribution in [0.2, 0.25) is 5.02 Å². The Morgan fingerprint density at radius 1 is 1.24 bits per heavy atom. The van der Waals surface area contributed by atoms with Crippen LogP contribution in [0.3, 0.4) is 0 Å². The van der Waals surface area contributed by atoms with Crippen molar-refractivity contribution in [1.82, 2.24) is 15.5 Å². The van der Waals surface area contributed by atoms with E-state index in [9.17, 15) is 9.18 Å². The number of aryl methyl sites for hydroxylation is 2. The van der Waals surface area contributed by atoms with Crippen LogP contribution in [0.25, 0.3) is 0 Å². The maximum Gasteiger partial charge on any atom is 0.225 e. The second-order valence-corrected chi connectivity index (χ2v) is 6.22. The van der Waals surface area contributed by atoms with E-state index < -0.39 is 5.82 Å². The van der Waals surface area contributed by atoms with Gasteiger partial charge in [-0.2, -0.15) is 10.2 Å². The molecule has 2 aromatic rings. The highest BCUT2D eigenvalue weighted by Gasteiger charge is 2.23. The molecule has 1 N–H and O–H groups in total. The number of benzene rings is 1. The lowest BCUT2D eigenvalue weighted by Crippen LogP contribution is -2.30. The minimum atomic E-state index is -0.479. The summed E-state index contributed by atoms with van der Waals surface area (Å²) in [5, 5.41) is 10.5. The van der Waals surface area contributed by atoms with E-state index in [0.717, 1.165) is 28.0 Å². The highest BCUT2D eigenvalue weighted by atomic mass is 35.5. The number of aromatic nitrogens is 2. The summed E-state index contributed by atoms with van der Waals surface area (Å²) in [4.78, 5) is 16.4. The topological polar surface area (TPSA) is 67.2 Å². The van der Waals surface area contributed by atoms with Crippen LogP contribution < -0.4 is 5.32 Å². The third-order valence-electron chi connectivity index (χ3n) is 4.00. The van der Waals surface area contributed by atoms with Gasteiger partial charge in [-0.05, 0) is 43.5 Å². The molecule has 0 aliphatic carbocycles. The number of nitrogens with one attached hydrogen (secondary N) is 1. The van der Waals surface area contributed by atoms with Gasteiger partial charge in [-0.25, -0.2) is 9.38 Å². The molecule has 1 aromatic carbocycles. The van der Waals surface area contributed by atoms with Gasteiger partial charge < -0.3 is 5.32 Å². The van der Waals surface area contributed by atoms with Crippen molar-refractivity contribution in [3.8, 4) is 0 Å². The predicted molar refractivity (Wildman–Crippen MR) is 93.9 cm³/mol. The first-order chi connectivity index (χ1) is 12.0. The van der Waals surface area contributed by atoms with Crippen molar-refractivity contribution in [3.05, 3.63) is 69.5 Å². The van der Waals surface area contributed by atoms with E-state index in [1.165, 1.54) is 12.1 Å². The average molecular weight is 359 g/mol. The van der Waals surface area contributed by atoms with Crippen molar-refractivity contribution < 1.29 is 9.18 Å². The van der Waals surface area contributed by atoms with Gasteiger partial charge in [0.05, 0.1) is 23.1 Å². The molecule has 25 heavy (non-hydrogen) atoms. The Morgan fingerprint density at radius 3 is 2.68 bits per heavy atom. The fraction of sp³-hybridized carbons (Fsp3) is 0.222. The monoisotopic (exact) mass is 358 g/mol. The van der Waals surface area contributed by atoms with Gasteiger partial charge in [0.2, 0.25) is 5.91 Å². The number of halogens is 2. The number of hydrogen-bond acceptors (Lipinski definition) is 4. The standard InChI is InChI=1S/C18H16ClFN4O/c1-10-8-21-22-9-13(10)17-11(2)18(24-17)23-16(25)6-4-12-3-5-14(19)15(20)7-12/h3,5,7-9H,4,6H2,1-2H3,(H,23,24,25). The van der Waals surface area contributed by atoms with E-state index in [2.05, 4.69) is 20.5 Å². The third kappa shape index (κ3) is 3.74. The molecule has 5 nitrogen and oxygen atoms in total. The van der Waals surface area contributed by atoms with Crippen molar-refractivity contribution in [2.75, 3.05) is 0 Å². The summed E-state index contributed by atoms with van der Waals surface area (Å²) >= 11 is 5.65. The van der Waals surface area contributed by atoms with E-state index in [-0.39, 0.29) is 17.4 Å². The van der Waals surface area contributed by atoms with Gasteiger partial charge in [-0.15, -0.1) is 0 Å². The molecule has 0 radical (unpaired) electrons. The summed E-state index contributed by atoms with van der Waals surface area (Å²) in [6.07, 6.45) is 3.99. The maximum absolute atomic E-state index is 13.4. The van der Waals surface area contributed by atoms with E-state index >= 15 is 0 Å². The Labute approximate surface area is 149 Å². The van der Waals surface area contributed by atoms with Gasteiger partial charge in [0.25, 0.3) is 0 Å². The van der Waals surface area contributed by atoms with Crippen molar-refractivity contribution in [3.63, 3.8) is 0 Å². The number of aliphatic imine (C=N–C) groups is 1. The molecular formula is C18H16ClFN4O. The number of carbonyl (C=O) groups excluding carboxylic acids is 1. The van der Waals surface area contributed by atoms with Crippen molar-refractivity contribution in [1.29, 1.82) is 0 Å². The van der Waals surface area contributed by atoms with E-state index in [4.69, 9.17) is 11.6 Å². The smallest absolute Gasteiger partial charge is 0.225 e. The van der Waals surface area contributed by atoms with E-state index in [1.54, 1.807) is 18.5 Å². The van der Waals surface area contributed by atoms with Gasteiger partial charge in [-0.1, -0.05) is 17.7 Å². The number of allylic oxidation sites excluding steroid dienone is 1. The Morgan fingerprint density at radius 2 is 2.00 bits per heavy atom. The van der Waals surface area contributed by atoms with Crippen LogP contribution in [-0.4, -0.2) is 21.8 Å². The van der Waals surface area contributed by atoms with Crippen molar-refractivity contribution in [2.45, 2.75) is 26.7 Å². The van der Waals surface area contributed by atoms with Crippen LogP contribution in [0, 0.1) is 12.7 Å². The van der Waals surface area contributed by atoms with Gasteiger partial charge in [-0.3, -0.25) is 4.79 Å². The molecule has 1 aliphatic heterocycles. The largest absolute Gasteiger partial charge is 0.310 e. The molecule has 0 fully saturated rings. The zero-order chi connectivity index (χ0) is 18.0. The molecule has 1 aromatic heterocycles. The Balaban J connectivity index is 1.57. The Kier molecular flexibility index (Phi) is 4.90. The van der Waals surface area contributed by atoms with Crippen LogP contribution in [0.15, 0.2) is 47.0 Å². The molecule has 2 heterocycles. The maximum atomic E-state index is 13.4. The first-order valence-corrected chi connectivity index (χ1v) is 8.15. The number of nitrogens with zero attached hydrogens (tertiary/aromatic N) is 3. The zero-order valence-electron chi connectivity index (χ0n) is 13.8. The average Bonchev–Trinajstić information content (AvgIpc) is 2.60. The van der Waals surface area contributed by atoms with Crippen molar-refractivity contribution in [2.24, 2.45) is 4.99 Å². The normalized spacial score (nSPS) is 13.4. The molecule has 0 atom stereocenters. The summed E-state index contributed by atoms with van der Waals surface area (Å²) in [6.45, 7) is 3.83. The molecule has 7 heteroatoms.